The van der Waals surface area contributed by atoms with E-state index in [-0.39, 0.29) is 11.3 Å². The van der Waals surface area contributed by atoms with Crippen molar-refractivity contribution in [3.8, 4) is 11.5 Å². The summed E-state index contributed by atoms with van der Waals surface area (Å²) in [5.41, 5.74) is 5.33. The number of amides is 1. The van der Waals surface area contributed by atoms with Crippen molar-refractivity contribution in [2.75, 3.05) is 38.2 Å². The van der Waals surface area contributed by atoms with Crippen molar-refractivity contribution in [2.24, 2.45) is 0 Å². The molecule has 5 heteroatoms. The molecule has 0 spiro atoms. The van der Waals surface area contributed by atoms with Gasteiger partial charge in [0.05, 0.1) is 0 Å². The molecule has 0 saturated carbocycles. The highest BCUT2D eigenvalue weighted by Gasteiger charge is 2.19. The Labute approximate surface area is 197 Å². The van der Waals surface area contributed by atoms with Crippen molar-refractivity contribution in [3.63, 3.8) is 0 Å². The van der Waals surface area contributed by atoms with Gasteiger partial charge >= 0.3 is 0 Å². The summed E-state index contributed by atoms with van der Waals surface area (Å²) < 4.78 is 11.2. The molecule has 0 bridgehead atoms. The van der Waals surface area contributed by atoms with Gasteiger partial charge in [0.25, 0.3) is 0 Å². The van der Waals surface area contributed by atoms with Gasteiger partial charge in [-0.3, -0.25) is 9.69 Å². The van der Waals surface area contributed by atoms with Crippen LogP contribution < -0.4 is 14.8 Å². The summed E-state index contributed by atoms with van der Waals surface area (Å²) in [6, 6.07) is 14.1. The molecular weight excluding hydrogens is 412 g/mol. The molecule has 174 valence electrons. The number of carbonyl (C=O) groups excluding carboxylic acids is 1. The van der Waals surface area contributed by atoms with Crippen molar-refractivity contribution in [1.82, 2.24) is 4.90 Å². The Kier molecular flexibility index (Phi) is 6.89. The minimum absolute atomic E-state index is 0.0871. The van der Waals surface area contributed by atoms with Crippen molar-refractivity contribution < 1.29 is 14.3 Å². The quantitative estimate of drug-likeness (QED) is 0.623. The average molecular weight is 447 g/mol. The molecule has 0 unspecified atom stereocenters. The van der Waals surface area contributed by atoms with E-state index in [1.54, 1.807) is 6.08 Å². The zero-order chi connectivity index (χ0) is 23.4. The Hall–Kier alpha value is -3.05. The van der Waals surface area contributed by atoms with Crippen LogP contribution in [0.1, 0.15) is 45.2 Å². The lowest BCUT2D eigenvalue weighted by Gasteiger charge is -2.26. The number of hydrogen-bond acceptors (Lipinski definition) is 4. The van der Waals surface area contributed by atoms with E-state index in [1.807, 2.05) is 18.2 Å². The molecule has 0 atom stereocenters. The van der Waals surface area contributed by atoms with E-state index >= 15 is 0 Å². The predicted molar refractivity (Wildman–Crippen MR) is 134 cm³/mol. The molecule has 5 nitrogen and oxygen atoms in total. The lowest BCUT2D eigenvalue weighted by Crippen LogP contribution is -2.28. The molecule has 1 amide bonds. The number of allylic oxidation sites excluding steroid dienone is 1. The zero-order valence-electron chi connectivity index (χ0n) is 20.1. The molecule has 0 saturated heterocycles. The first-order valence-corrected chi connectivity index (χ1v) is 11.8. The summed E-state index contributed by atoms with van der Waals surface area (Å²) in [5.74, 6) is 1.22. The second-order valence-electron chi connectivity index (χ2n) is 9.61. The van der Waals surface area contributed by atoms with Gasteiger partial charge in [-0.05, 0) is 52.8 Å². The van der Waals surface area contributed by atoms with Gasteiger partial charge in [-0.15, -0.1) is 0 Å². The van der Waals surface area contributed by atoms with Gasteiger partial charge in [0.1, 0.15) is 13.2 Å². The lowest BCUT2D eigenvalue weighted by molar-refractivity contribution is -0.111. The highest BCUT2D eigenvalue weighted by molar-refractivity contribution is 6.06. The maximum absolute atomic E-state index is 13.1. The van der Waals surface area contributed by atoms with Crippen molar-refractivity contribution in [2.45, 2.75) is 39.5 Å². The molecule has 2 aliphatic heterocycles. The smallest absolute Gasteiger partial charge is 0.248 e. The van der Waals surface area contributed by atoms with Crippen LogP contribution in [0.3, 0.4) is 0 Å². The Balaban J connectivity index is 1.61. The first kappa shape index (κ1) is 23.1. The normalized spacial score (nSPS) is 16.8. The van der Waals surface area contributed by atoms with Gasteiger partial charge in [0.15, 0.2) is 11.5 Å². The molecule has 2 heterocycles. The largest absolute Gasteiger partial charge is 0.486 e. The maximum atomic E-state index is 13.1. The number of benzene rings is 2. The Morgan fingerprint density at radius 2 is 1.79 bits per heavy atom. The highest BCUT2D eigenvalue weighted by Crippen LogP contribution is 2.33. The fourth-order valence-electron chi connectivity index (χ4n) is 4.18. The Morgan fingerprint density at radius 1 is 1.06 bits per heavy atom. The molecule has 0 aromatic heterocycles. The Bertz CT molecular complexity index is 1060. The number of nitrogens with one attached hydrogen (secondary N) is 1. The minimum atomic E-state index is -0.152. The van der Waals surface area contributed by atoms with E-state index in [0.717, 1.165) is 37.2 Å². The van der Waals surface area contributed by atoms with Crippen LogP contribution >= 0.6 is 0 Å². The molecule has 2 aromatic rings. The van der Waals surface area contributed by atoms with Crippen LogP contribution in [0.25, 0.3) is 5.57 Å². The minimum Gasteiger partial charge on any atom is -0.486 e. The Morgan fingerprint density at radius 3 is 2.42 bits per heavy atom. The first-order chi connectivity index (χ1) is 15.8. The number of hydrogen-bond donors (Lipinski definition) is 1. The topological polar surface area (TPSA) is 50.8 Å². The molecule has 4 rings (SSSR count). The lowest BCUT2D eigenvalue weighted by atomic mass is 9.85. The maximum Gasteiger partial charge on any atom is 0.248 e. The van der Waals surface area contributed by atoms with Crippen LogP contribution in [-0.2, 0) is 10.2 Å². The van der Waals surface area contributed by atoms with Crippen molar-refractivity contribution >= 4 is 17.2 Å². The molecule has 0 radical (unpaired) electrons. The molecule has 0 fully saturated rings. The molecular formula is C28H34N2O3. The average Bonchev–Trinajstić information content (AvgIpc) is 2.82. The molecule has 0 aliphatic carbocycles. The van der Waals surface area contributed by atoms with Crippen molar-refractivity contribution in [3.05, 3.63) is 71.3 Å². The zero-order valence-corrected chi connectivity index (χ0v) is 20.1. The van der Waals surface area contributed by atoms with Gasteiger partial charge in [-0.25, -0.2) is 0 Å². The number of rotatable bonds is 5. The fraction of sp³-hybridized carbons (Fsp3) is 0.393. The molecule has 2 aliphatic rings. The predicted octanol–water partition coefficient (Wildman–Crippen LogP) is 5.43. The summed E-state index contributed by atoms with van der Waals surface area (Å²) in [4.78, 5) is 15.5. The van der Waals surface area contributed by atoms with E-state index in [4.69, 9.17) is 9.47 Å². The number of nitrogens with zero attached hydrogens (tertiary/aromatic N) is 1. The first-order valence-electron chi connectivity index (χ1n) is 11.8. The number of fused-ring (bicyclic) bond motifs is 1. The van der Waals surface area contributed by atoms with Gasteiger partial charge in [-0.1, -0.05) is 58.0 Å². The van der Waals surface area contributed by atoms with Gasteiger partial charge in [-0.2, -0.15) is 0 Å². The van der Waals surface area contributed by atoms with E-state index in [1.165, 1.54) is 11.1 Å². The van der Waals surface area contributed by atoms with E-state index in [2.05, 4.69) is 68.3 Å². The molecule has 33 heavy (non-hydrogen) atoms. The summed E-state index contributed by atoms with van der Waals surface area (Å²) in [6.07, 6.45) is 4.92. The fourth-order valence-corrected chi connectivity index (χ4v) is 4.18. The molecule has 2 aromatic carbocycles. The highest BCUT2D eigenvalue weighted by atomic mass is 16.6. The summed E-state index contributed by atoms with van der Waals surface area (Å²) in [6.45, 7) is 12.8. The third-order valence-electron chi connectivity index (χ3n) is 6.23. The van der Waals surface area contributed by atoms with Gasteiger partial charge in [0.2, 0.25) is 5.91 Å². The van der Waals surface area contributed by atoms with Crippen LogP contribution in [0.4, 0.5) is 5.69 Å². The van der Waals surface area contributed by atoms with Crippen LogP contribution in [0.15, 0.2) is 60.2 Å². The number of likely N-dealkylation sites (N-methyl/N-ethyl adjacent to an activating group) is 1. The van der Waals surface area contributed by atoms with Gasteiger partial charge in [0, 0.05) is 30.9 Å². The second kappa shape index (κ2) is 9.84. The third kappa shape index (κ3) is 5.66. The number of carbonyl (C=O) groups is 1. The van der Waals surface area contributed by atoms with E-state index in [9.17, 15) is 4.79 Å². The van der Waals surface area contributed by atoms with Gasteiger partial charge < -0.3 is 14.8 Å². The van der Waals surface area contributed by atoms with E-state index < -0.39 is 0 Å². The monoisotopic (exact) mass is 446 g/mol. The standard InChI is InChI=1S/C28H34N2O3/c1-5-30-14-12-21(13-15-30)24(20-6-8-22(9-7-20)28(2,3)4)19-27(31)29-23-10-11-25-26(18-23)33-17-16-32-25/h6-12,18-19H,5,13-17H2,1-4H3,(H,29,31). The third-order valence-corrected chi connectivity index (χ3v) is 6.23. The summed E-state index contributed by atoms with van der Waals surface area (Å²) in [7, 11) is 0. The number of ether oxygens (including phenoxy) is 2. The molecule has 1 N–H and O–H groups in total. The van der Waals surface area contributed by atoms with E-state index in [0.29, 0.717) is 30.4 Å². The van der Waals surface area contributed by atoms with Crippen LogP contribution in [0.5, 0.6) is 11.5 Å². The van der Waals surface area contributed by atoms with Crippen LogP contribution in [-0.4, -0.2) is 43.7 Å². The number of anilines is 1. The van der Waals surface area contributed by atoms with Crippen LogP contribution in [0.2, 0.25) is 0 Å². The summed E-state index contributed by atoms with van der Waals surface area (Å²) >= 11 is 0. The second-order valence-corrected chi connectivity index (χ2v) is 9.61. The van der Waals surface area contributed by atoms with Crippen LogP contribution in [0, 0.1) is 0 Å². The SMILES string of the molecule is CCN1CC=C(C(=CC(=O)Nc2ccc3c(c2)OCCO3)c2ccc(C(C)(C)C)cc2)CC1. The van der Waals surface area contributed by atoms with Crippen molar-refractivity contribution in [1.29, 1.82) is 0 Å². The summed E-state index contributed by atoms with van der Waals surface area (Å²) in [5, 5.41) is 3.00.